The summed E-state index contributed by atoms with van der Waals surface area (Å²) in [6.45, 7) is 13.3. The van der Waals surface area contributed by atoms with Crippen LogP contribution in [0.1, 0.15) is 145 Å². The molecule has 4 aliphatic carbocycles. The number of nitrogens with one attached hydrogen (secondary N) is 2. The van der Waals surface area contributed by atoms with Gasteiger partial charge >= 0.3 is 5.97 Å². The molecule has 4 amide bonds. The summed E-state index contributed by atoms with van der Waals surface area (Å²) in [5.74, 6) is -0.865. The Morgan fingerprint density at radius 1 is 0.850 bits per heavy atom. The van der Waals surface area contributed by atoms with Crippen molar-refractivity contribution in [3.05, 3.63) is 94.4 Å². The number of hydrogen-bond acceptors (Lipinski definition) is 16. The molecule has 7 aliphatic rings. The first-order valence-corrected chi connectivity index (χ1v) is 29.1. The number of hydrogen-bond donors (Lipinski definition) is 3. The second-order valence-corrected chi connectivity index (χ2v) is 25.5. The Labute approximate surface area is 468 Å². The minimum absolute atomic E-state index is 0.0137. The smallest absolute Gasteiger partial charge is 0.355 e. The van der Waals surface area contributed by atoms with Crippen LogP contribution in [0, 0.1) is 30.1 Å². The fourth-order valence-electron chi connectivity index (χ4n) is 15.4. The number of carboxylic acid groups (broad SMARTS) is 1. The van der Waals surface area contributed by atoms with Crippen molar-refractivity contribution < 1.29 is 38.6 Å². The molecule has 4 aromatic heterocycles. The molecule has 2 aromatic carbocycles. The SMILES string of the molecule is Cc1c(Nc2nc3ccccc3s2)nnc2c1CCCN2c1ccc(-c2cnn(CC34CC5(C)CC(C)(C3)CC(OCCN(C)CCCCCCOc3ccc6c(c3)C(=O)N(C3CCC(=O)NC3=O)C6=O)(C5)C4)c2C)c(C(=O)O)n1. The number of carbonyl (C=O) groups is 5. The maximum atomic E-state index is 13.2. The normalized spacial score (nSPS) is 24.9. The highest BCUT2D eigenvalue weighted by Gasteiger charge is 2.66. The molecule has 3 atom stereocenters. The minimum atomic E-state index is -1.10. The Morgan fingerprint density at radius 2 is 1.62 bits per heavy atom. The fourth-order valence-corrected chi connectivity index (χ4v) is 16.2. The van der Waals surface area contributed by atoms with Crippen LogP contribution in [-0.2, 0) is 27.3 Å². The van der Waals surface area contributed by atoms with Gasteiger partial charge in [-0.05, 0) is 157 Å². The summed E-state index contributed by atoms with van der Waals surface area (Å²) < 4.78 is 16.3. The zero-order valence-electron chi connectivity index (χ0n) is 46.2. The van der Waals surface area contributed by atoms with Gasteiger partial charge in [0.05, 0.1) is 46.4 Å². The number of unbranched alkanes of at least 4 members (excludes halogenated alkanes) is 3. The van der Waals surface area contributed by atoms with Crippen molar-refractivity contribution in [2.24, 2.45) is 16.2 Å². The summed E-state index contributed by atoms with van der Waals surface area (Å²) in [4.78, 5) is 78.3. The number of carboxylic acids is 1. The number of nitrogens with zero attached hydrogens (tertiary/aromatic N) is 9. The van der Waals surface area contributed by atoms with Crippen LogP contribution in [-0.4, -0.2) is 126 Å². The average Bonchev–Trinajstić information content (AvgIpc) is 4.00. The maximum absolute atomic E-state index is 13.2. The number of carbonyl (C=O) groups excluding carboxylic acids is 4. The molecule has 80 heavy (non-hydrogen) atoms. The van der Waals surface area contributed by atoms with Crippen LogP contribution < -0.4 is 20.3 Å². The lowest BCUT2D eigenvalue weighted by Crippen LogP contribution is -2.64. The van der Waals surface area contributed by atoms with E-state index in [2.05, 4.69) is 51.3 Å². The number of ether oxygens (including phenoxy) is 2. The van der Waals surface area contributed by atoms with Gasteiger partial charge in [-0.1, -0.05) is 50.2 Å². The molecule has 7 heterocycles. The number of aromatic nitrogens is 6. The summed E-state index contributed by atoms with van der Waals surface area (Å²) in [5, 5.41) is 31.3. The third-order valence-corrected chi connectivity index (χ3v) is 18.7. The molecule has 4 saturated carbocycles. The van der Waals surface area contributed by atoms with Crippen LogP contribution in [0.4, 0.5) is 22.6 Å². The first-order chi connectivity index (χ1) is 38.4. The van der Waals surface area contributed by atoms with Crippen molar-refractivity contribution in [2.75, 3.05) is 50.1 Å². The van der Waals surface area contributed by atoms with Gasteiger partial charge in [-0.15, -0.1) is 10.2 Å². The van der Waals surface area contributed by atoms with E-state index in [4.69, 9.17) is 24.5 Å². The van der Waals surface area contributed by atoms with E-state index < -0.39 is 35.6 Å². The summed E-state index contributed by atoms with van der Waals surface area (Å²) in [7, 11) is 2.16. The maximum Gasteiger partial charge on any atom is 0.355 e. The van der Waals surface area contributed by atoms with E-state index in [0.29, 0.717) is 48.5 Å². The lowest BCUT2D eigenvalue weighted by Gasteiger charge is -2.69. The second-order valence-electron chi connectivity index (χ2n) is 24.4. The van der Waals surface area contributed by atoms with E-state index in [9.17, 15) is 29.1 Å². The summed E-state index contributed by atoms with van der Waals surface area (Å²) in [6.07, 6.45) is 14.1. The van der Waals surface area contributed by atoms with E-state index in [1.807, 2.05) is 61.3 Å². The van der Waals surface area contributed by atoms with E-state index in [1.54, 1.807) is 29.5 Å². The molecular weight excluding hydrogens is 1030 g/mol. The number of imide groups is 2. The Morgan fingerprint density at radius 3 is 2.41 bits per heavy atom. The highest BCUT2D eigenvalue weighted by atomic mass is 32.1. The van der Waals surface area contributed by atoms with Gasteiger partial charge in [-0.25, -0.2) is 14.8 Å². The molecular formula is C60H69N11O8S. The Kier molecular flexibility index (Phi) is 13.9. The fraction of sp³-hybridized carbons (Fsp3) is 0.500. The molecule has 4 bridgehead atoms. The minimum Gasteiger partial charge on any atom is -0.494 e. The van der Waals surface area contributed by atoms with Crippen LogP contribution in [0.2, 0.25) is 0 Å². The van der Waals surface area contributed by atoms with Crippen molar-refractivity contribution in [3.63, 3.8) is 0 Å². The van der Waals surface area contributed by atoms with Gasteiger partial charge in [-0.3, -0.25) is 34.1 Å². The van der Waals surface area contributed by atoms with Gasteiger partial charge in [0.2, 0.25) is 11.8 Å². The highest BCUT2D eigenvalue weighted by Crippen LogP contribution is 2.72. The highest BCUT2D eigenvalue weighted by molar-refractivity contribution is 7.22. The molecule has 13 rings (SSSR count). The van der Waals surface area contributed by atoms with E-state index >= 15 is 0 Å². The van der Waals surface area contributed by atoms with Crippen LogP contribution in [0.15, 0.2) is 60.8 Å². The molecule has 6 aromatic rings. The molecule has 20 heteroatoms. The molecule has 1 saturated heterocycles. The van der Waals surface area contributed by atoms with Gasteiger partial charge in [0, 0.05) is 54.0 Å². The number of fused-ring (bicyclic) bond motifs is 3. The van der Waals surface area contributed by atoms with E-state index in [0.717, 1.165) is 133 Å². The van der Waals surface area contributed by atoms with Crippen LogP contribution in [0.3, 0.4) is 0 Å². The van der Waals surface area contributed by atoms with Crippen molar-refractivity contribution >= 4 is 73.7 Å². The Bertz CT molecular complexity index is 3430. The second kappa shape index (κ2) is 20.7. The van der Waals surface area contributed by atoms with Gasteiger partial charge in [-0.2, -0.15) is 5.10 Å². The van der Waals surface area contributed by atoms with Crippen molar-refractivity contribution in [1.29, 1.82) is 0 Å². The molecule has 3 unspecified atom stereocenters. The van der Waals surface area contributed by atoms with Crippen LogP contribution >= 0.6 is 11.3 Å². The molecule has 3 aliphatic heterocycles. The van der Waals surface area contributed by atoms with Crippen molar-refractivity contribution in [3.8, 4) is 16.9 Å². The van der Waals surface area contributed by atoms with E-state index in [-0.39, 0.29) is 51.5 Å². The molecule has 418 valence electrons. The first-order valence-electron chi connectivity index (χ1n) is 28.2. The number of rotatable bonds is 20. The Hall–Kier alpha value is -7.16. The number of aromatic carboxylic acids is 1. The average molecular weight is 1100 g/mol. The van der Waals surface area contributed by atoms with Crippen molar-refractivity contribution in [2.45, 2.75) is 136 Å². The quantitative estimate of drug-likeness (QED) is 0.0478. The van der Waals surface area contributed by atoms with Gasteiger partial charge < -0.3 is 29.7 Å². The molecule has 3 N–H and O–H groups in total. The molecule has 0 spiro atoms. The summed E-state index contributed by atoms with van der Waals surface area (Å²) in [6, 6.07) is 15.6. The zero-order valence-corrected chi connectivity index (χ0v) is 47.0. The third kappa shape index (κ3) is 10.1. The third-order valence-electron chi connectivity index (χ3n) is 17.8. The number of amides is 4. The summed E-state index contributed by atoms with van der Waals surface area (Å²) >= 11 is 1.57. The predicted octanol–water partition coefficient (Wildman–Crippen LogP) is 9.60. The lowest BCUT2D eigenvalue weighted by molar-refractivity contribution is -0.248. The van der Waals surface area contributed by atoms with Crippen LogP contribution in [0.25, 0.3) is 21.3 Å². The molecule has 5 fully saturated rings. The van der Waals surface area contributed by atoms with Gasteiger partial charge in [0.25, 0.3) is 11.8 Å². The predicted molar refractivity (Wildman–Crippen MR) is 302 cm³/mol. The number of anilines is 4. The number of pyridine rings is 1. The number of para-hydroxylation sites is 1. The standard InChI is InChI=1S/C60H69N11O8S/c1-36-39-13-12-23-69(51(39)67-66-50(36)65-56-62-44-14-8-9-15-46(44)80-56)47-20-18-40(49(63-47)55(76)77)43-28-61-70(37(43)2)35-59-30-57(3)29-58(4,31-59)33-60(32-57,34-59)79-26-24-68(5)22-10-6-7-11-25-78-38-16-17-41-42(27-38)54(75)71(53(41)74)45-19-21-48(72)64-52(45)73/h8-9,14-18,20,27-28,45H,6-7,10-13,19,21-26,29-35H2,1-5H3,(H,76,77)(H,62,65,66)(H,64,72,73). The molecule has 19 nitrogen and oxygen atoms in total. The van der Waals surface area contributed by atoms with Crippen molar-refractivity contribution in [1.82, 2.24) is 45.1 Å². The number of thiazole rings is 1. The lowest BCUT2D eigenvalue weighted by atomic mass is 9.39. The topological polar surface area (TPSA) is 227 Å². The summed E-state index contributed by atoms with van der Waals surface area (Å²) in [5.41, 5.74) is 5.69. The zero-order chi connectivity index (χ0) is 55.7. The van der Waals surface area contributed by atoms with Gasteiger partial charge in [0.1, 0.15) is 17.6 Å². The number of piperidine rings is 1. The monoisotopic (exact) mass is 1100 g/mol. The Balaban J connectivity index is 0.640. The van der Waals surface area contributed by atoms with E-state index in [1.165, 1.54) is 6.42 Å². The number of benzene rings is 2. The largest absolute Gasteiger partial charge is 0.494 e. The number of likely N-dealkylation sites (N-methyl/N-ethyl adjacent to an activating group) is 1. The first kappa shape index (κ1) is 53.5. The molecule has 0 radical (unpaired) electrons. The van der Waals surface area contributed by atoms with Crippen LogP contribution in [0.5, 0.6) is 5.75 Å². The van der Waals surface area contributed by atoms with Gasteiger partial charge in [0.15, 0.2) is 22.5 Å².